The monoisotopic (exact) mass is 326 g/mol. The number of benzene rings is 2. The molecule has 1 saturated carbocycles. The van der Waals surface area contributed by atoms with Gasteiger partial charge in [0, 0.05) is 23.8 Å². The first-order valence-electron chi connectivity index (χ1n) is 8.56. The normalized spacial score (nSPS) is 20.4. The van der Waals surface area contributed by atoms with Gasteiger partial charge in [-0.3, -0.25) is 4.79 Å². The van der Waals surface area contributed by atoms with Gasteiger partial charge in [-0.1, -0.05) is 24.3 Å². The molecule has 0 bridgehead atoms. The van der Waals surface area contributed by atoms with Gasteiger partial charge in [-0.05, 0) is 61.9 Å². The maximum absolute atomic E-state index is 13.2. The maximum Gasteiger partial charge on any atom is 0.251 e. The van der Waals surface area contributed by atoms with Crippen molar-refractivity contribution in [2.45, 2.75) is 31.7 Å². The van der Waals surface area contributed by atoms with Crippen LogP contribution < -0.4 is 10.6 Å². The molecule has 0 aliphatic heterocycles. The highest BCUT2D eigenvalue weighted by atomic mass is 19.1. The van der Waals surface area contributed by atoms with Gasteiger partial charge >= 0.3 is 0 Å². The summed E-state index contributed by atoms with van der Waals surface area (Å²) in [6.45, 7) is 0.967. The highest BCUT2D eigenvalue weighted by Gasteiger charge is 2.22. The SMILES string of the molecule is O=C(NC1CCC(CNc2ccccc2)CC1)c1cccc(F)c1. The molecule has 2 aromatic rings. The molecule has 1 amide bonds. The number of carbonyl (C=O) groups excluding carboxylic acids is 1. The van der Waals surface area contributed by atoms with Crippen molar-refractivity contribution in [2.24, 2.45) is 5.92 Å². The number of halogens is 1. The van der Waals surface area contributed by atoms with E-state index < -0.39 is 0 Å². The summed E-state index contributed by atoms with van der Waals surface area (Å²) in [5, 5.41) is 6.50. The molecule has 3 rings (SSSR count). The molecule has 3 nitrogen and oxygen atoms in total. The highest BCUT2D eigenvalue weighted by Crippen LogP contribution is 2.25. The van der Waals surface area contributed by atoms with Crippen molar-refractivity contribution in [3.05, 3.63) is 66.0 Å². The molecule has 0 aromatic heterocycles. The summed E-state index contributed by atoms with van der Waals surface area (Å²) in [6.07, 6.45) is 4.13. The fourth-order valence-electron chi connectivity index (χ4n) is 3.23. The minimum Gasteiger partial charge on any atom is -0.385 e. The van der Waals surface area contributed by atoms with Crippen LogP contribution in [0, 0.1) is 11.7 Å². The first kappa shape index (κ1) is 16.5. The summed E-state index contributed by atoms with van der Waals surface area (Å²) in [5.74, 6) is 0.0752. The summed E-state index contributed by atoms with van der Waals surface area (Å²) in [6, 6.07) is 16.3. The Hall–Kier alpha value is -2.36. The predicted octanol–water partition coefficient (Wildman–Crippen LogP) is 4.23. The van der Waals surface area contributed by atoms with E-state index in [4.69, 9.17) is 0 Å². The summed E-state index contributed by atoms with van der Waals surface area (Å²) in [7, 11) is 0. The minimum absolute atomic E-state index is 0.180. The van der Waals surface area contributed by atoms with E-state index in [9.17, 15) is 9.18 Å². The van der Waals surface area contributed by atoms with Gasteiger partial charge in [0.05, 0.1) is 0 Å². The Labute approximate surface area is 142 Å². The van der Waals surface area contributed by atoms with Crippen molar-refractivity contribution in [2.75, 3.05) is 11.9 Å². The summed E-state index contributed by atoms with van der Waals surface area (Å²) < 4.78 is 13.2. The van der Waals surface area contributed by atoms with Gasteiger partial charge in [-0.15, -0.1) is 0 Å². The van der Waals surface area contributed by atoms with E-state index in [1.54, 1.807) is 12.1 Å². The lowest BCUT2D eigenvalue weighted by atomic mass is 9.86. The lowest BCUT2D eigenvalue weighted by Crippen LogP contribution is -2.38. The molecule has 0 spiro atoms. The first-order valence-corrected chi connectivity index (χ1v) is 8.56. The Morgan fingerprint density at radius 3 is 2.46 bits per heavy atom. The number of para-hydroxylation sites is 1. The number of nitrogens with one attached hydrogen (secondary N) is 2. The van der Waals surface area contributed by atoms with Crippen LogP contribution in [0.25, 0.3) is 0 Å². The maximum atomic E-state index is 13.2. The number of hydrogen-bond donors (Lipinski definition) is 2. The summed E-state index contributed by atoms with van der Waals surface area (Å²) in [4.78, 5) is 12.2. The number of hydrogen-bond acceptors (Lipinski definition) is 2. The molecule has 1 fully saturated rings. The van der Waals surface area contributed by atoms with E-state index in [0.717, 1.165) is 37.9 Å². The Morgan fingerprint density at radius 1 is 1.00 bits per heavy atom. The van der Waals surface area contributed by atoms with Gasteiger partial charge in [0.15, 0.2) is 0 Å². The predicted molar refractivity (Wildman–Crippen MR) is 94.5 cm³/mol. The molecule has 2 aromatic carbocycles. The molecular formula is C20H23FN2O. The van der Waals surface area contributed by atoms with Crippen molar-refractivity contribution in [3.63, 3.8) is 0 Å². The smallest absolute Gasteiger partial charge is 0.251 e. The molecule has 0 radical (unpaired) electrons. The molecule has 0 saturated heterocycles. The molecule has 126 valence electrons. The van der Waals surface area contributed by atoms with E-state index in [0.29, 0.717) is 11.5 Å². The van der Waals surface area contributed by atoms with Gasteiger partial charge in [0.1, 0.15) is 5.82 Å². The largest absolute Gasteiger partial charge is 0.385 e. The number of amides is 1. The molecule has 24 heavy (non-hydrogen) atoms. The van der Waals surface area contributed by atoms with Crippen molar-refractivity contribution >= 4 is 11.6 Å². The molecule has 4 heteroatoms. The second-order valence-electron chi connectivity index (χ2n) is 6.45. The average molecular weight is 326 g/mol. The van der Waals surface area contributed by atoms with Crippen LogP contribution in [0.2, 0.25) is 0 Å². The van der Waals surface area contributed by atoms with Crippen LogP contribution in [0.1, 0.15) is 36.0 Å². The van der Waals surface area contributed by atoms with Gasteiger partial charge in [-0.2, -0.15) is 0 Å². The third-order valence-corrected chi connectivity index (χ3v) is 4.64. The zero-order chi connectivity index (χ0) is 16.8. The molecular weight excluding hydrogens is 303 g/mol. The quantitative estimate of drug-likeness (QED) is 0.863. The van der Waals surface area contributed by atoms with Crippen LogP contribution in [0.15, 0.2) is 54.6 Å². The Kier molecular flexibility index (Phi) is 5.47. The number of carbonyl (C=O) groups is 1. The van der Waals surface area contributed by atoms with E-state index in [1.165, 1.54) is 12.1 Å². The highest BCUT2D eigenvalue weighted by molar-refractivity contribution is 5.94. The summed E-state index contributed by atoms with van der Waals surface area (Å²) in [5.41, 5.74) is 1.54. The molecule has 1 aliphatic rings. The van der Waals surface area contributed by atoms with Crippen LogP contribution in [-0.4, -0.2) is 18.5 Å². The number of anilines is 1. The molecule has 1 aliphatic carbocycles. The van der Waals surface area contributed by atoms with Crippen molar-refractivity contribution in [3.8, 4) is 0 Å². The Bertz CT molecular complexity index is 666. The fourth-order valence-corrected chi connectivity index (χ4v) is 3.23. The van der Waals surface area contributed by atoms with Crippen LogP contribution in [-0.2, 0) is 0 Å². The van der Waals surface area contributed by atoms with E-state index in [-0.39, 0.29) is 17.8 Å². The minimum atomic E-state index is -0.377. The van der Waals surface area contributed by atoms with Gasteiger partial charge in [-0.25, -0.2) is 4.39 Å². The van der Waals surface area contributed by atoms with E-state index in [1.807, 2.05) is 18.2 Å². The Morgan fingerprint density at radius 2 is 1.75 bits per heavy atom. The standard InChI is InChI=1S/C20H23FN2O/c21-17-6-4-5-16(13-17)20(24)23-19-11-9-15(10-12-19)14-22-18-7-2-1-3-8-18/h1-8,13,15,19,22H,9-12,14H2,(H,23,24). The van der Waals surface area contributed by atoms with Gasteiger partial charge in [0.2, 0.25) is 0 Å². The van der Waals surface area contributed by atoms with Crippen molar-refractivity contribution in [1.29, 1.82) is 0 Å². The van der Waals surface area contributed by atoms with Crippen molar-refractivity contribution in [1.82, 2.24) is 5.32 Å². The van der Waals surface area contributed by atoms with E-state index >= 15 is 0 Å². The van der Waals surface area contributed by atoms with Crippen LogP contribution in [0.3, 0.4) is 0 Å². The lowest BCUT2D eigenvalue weighted by Gasteiger charge is -2.29. The topological polar surface area (TPSA) is 41.1 Å². The van der Waals surface area contributed by atoms with Crippen LogP contribution in [0.4, 0.5) is 10.1 Å². The van der Waals surface area contributed by atoms with Gasteiger partial charge in [0.25, 0.3) is 5.91 Å². The molecule has 0 unspecified atom stereocenters. The van der Waals surface area contributed by atoms with Gasteiger partial charge < -0.3 is 10.6 Å². The summed E-state index contributed by atoms with van der Waals surface area (Å²) >= 11 is 0. The first-order chi connectivity index (χ1) is 11.7. The van der Waals surface area contributed by atoms with E-state index in [2.05, 4.69) is 22.8 Å². The zero-order valence-electron chi connectivity index (χ0n) is 13.7. The Balaban J connectivity index is 1.43. The van der Waals surface area contributed by atoms with Crippen LogP contribution in [0.5, 0.6) is 0 Å². The lowest BCUT2D eigenvalue weighted by molar-refractivity contribution is 0.0922. The number of rotatable bonds is 5. The molecule has 0 atom stereocenters. The second kappa shape index (κ2) is 7.95. The van der Waals surface area contributed by atoms with Crippen molar-refractivity contribution < 1.29 is 9.18 Å². The van der Waals surface area contributed by atoms with Crippen LogP contribution >= 0.6 is 0 Å². The second-order valence-corrected chi connectivity index (χ2v) is 6.45. The third kappa shape index (κ3) is 4.57. The molecule has 2 N–H and O–H groups in total. The fraction of sp³-hybridized carbons (Fsp3) is 0.350. The third-order valence-electron chi connectivity index (χ3n) is 4.64. The zero-order valence-corrected chi connectivity index (χ0v) is 13.7. The average Bonchev–Trinajstić information content (AvgIpc) is 2.62. The molecule has 0 heterocycles.